The Morgan fingerprint density at radius 3 is 2.80 bits per heavy atom. The monoisotopic (exact) mass is 273 g/mol. The fourth-order valence-corrected chi connectivity index (χ4v) is 2.45. The van der Waals surface area contributed by atoms with E-state index >= 15 is 0 Å². The third kappa shape index (κ3) is 2.59. The van der Waals surface area contributed by atoms with Gasteiger partial charge in [-0.1, -0.05) is 42.4 Å². The summed E-state index contributed by atoms with van der Waals surface area (Å²) >= 11 is 0. The SMILES string of the molecule is CC(c1nc(C2CCOC2)no1)C(N)c1ccccc1. The second-order valence-corrected chi connectivity index (χ2v) is 5.28. The van der Waals surface area contributed by atoms with Crippen molar-refractivity contribution in [1.82, 2.24) is 10.1 Å². The van der Waals surface area contributed by atoms with E-state index in [9.17, 15) is 0 Å². The van der Waals surface area contributed by atoms with Gasteiger partial charge in [-0.3, -0.25) is 0 Å². The van der Waals surface area contributed by atoms with Crippen molar-refractivity contribution < 1.29 is 9.26 Å². The number of hydrogen-bond donors (Lipinski definition) is 1. The second-order valence-electron chi connectivity index (χ2n) is 5.28. The molecule has 1 saturated heterocycles. The predicted molar refractivity (Wildman–Crippen MR) is 74.3 cm³/mol. The minimum Gasteiger partial charge on any atom is -0.381 e. The molecule has 0 spiro atoms. The predicted octanol–water partition coefficient (Wildman–Crippen LogP) is 2.38. The molecule has 20 heavy (non-hydrogen) atoms. The molecule has 106 valence electrons. The lowest BCUT2D eigenvalue weighted by molar-refractivity contribution is 0.192. The summed E-state index contributed by atoms with van der Waals surface area (Å²) in [5.74, 6) is 1.58. The van der Waals surface area contributed by atoms with E-state index in [2.05, 4.69) is 10.1 Å². The molecule has 2 heterocycles. The van der Waals surface area contributed by atoms with Gasteiger partial charge in [0.1, 0.15) is 0 Å². The van der Waals surface area contributed by atoms with E-state index in [0.717, 1.165) is 24.4 Å². The van der Waals surface area contributed by atoms with Gasteiger partial charge in [-0.25, -0.2) is 0 Å². The van der Waals surface area contributed by atoms with E-state index in [4.69, 9.17) is 15.0 Å². The van der Waals surface area contributed by atoms with Crippen LogP contribution in [0.15, 0.2) is 34.9 Å². The highest BCUT2D eigenvalue weighted by Crippen LogP contribution is 2.29. The van der Waals surface area contributed by atoms with Crippen molar-refractivity contribution in [2.24, 2.45) is 5.73 Å². The Kier molecular flexibility index (Phi) is 3.80. The average Bonchev–Trinajstić information content (AvgIpc) is 3.17. The number of ether oxygens (including phenoxy) is 1. The zero-order valence-corrected chi connectivity index (χ0v) is 11.5. The molecule has 0 saturated carbocycles. The van der Waals surface area contributed by atoms with Crippen LogP contribution in [0.5, 0.6) is 0 Å². The normalized spacial score (nSPS) is 21.8. The third-order valence-corrected chi connectivity index (χ3v) is 3.86. The van der Waals surface area contributed by atoms with Crippen LogP contribution in [-0.4, -0.2) is 23.4 Å². The third-order valence-electron chi connectivity index (χ3n) is 3.86. The van der Waals surface area contributed by atoms with Crippen molar-refractivity contribution in [2.75, 3.05) is 13.2 Å². The van der Waals surface area contributed by atoms with Crippen LogP contribution in [0.25, 0.3) is 0 Å². The van der Waals surface area contributed by atoms with Gasteiger partial charge in [0.2, 0.25) is 5.89 Å². The lowest BCUT2D eigenvalue weighted by atomic mass is 9.95. The van der Waals surface area contributed by atoms with Crippen LogP contribution in [-0.2, 0) is 4.74 Å². The van der Waals surface area contributed by atoms with E-state index < -0.39 is 0 Å². The zero-order chi connectivity index (χ0) is 13.9. The summed E-state index contributed by atoms with van der Waals surface area (Å²) in [4.78, 5) is 4.50. The highest BCUT2D eigenvalue weighted by Gasteiger charge is 2.27. The molecule has 3 atom stereocenters. The molecule has 1 aliphatic rings. The van der Waals surface area contributed by atoms with E-state index in [1.165, 1.54) is 0 Å². The van der Waals surface area contributed by atoms with E-state index in [0.29, 0.717) is 12.5 Å². The topological polar surface area (TPSA) is 74.2 Å². The molecule has 1 aliphatic heterocycles. The van der Waals surface area contributed by atoms with Gasteiger partial charge in [0.15, 0.2) is 5.82 Å². The van der Waals surface area contributed by atoms with Gasteiger partial charge >= 0.3 is 0 Å². The van der Waals surface area contributed by atoms with Gasteiger partial charge in [0, 0.05) is 18.6 Å². The first kappa shape index (κ1) is 13.3. The van der Waals surface area contributed by atoms with Crippen LogP contribution in [0, 0.1) is 0 Å². The van der Waals surface area contributed by atoms with Gasteiger partial charge in [-0.15, -0.1) is 0 Å². The fraction of sp³-hybridized carbons (Fsp3) is 0.467. The molecule has 3 unspecified atom stereocenters. The smallest absolute Gasteiger partial charge is 0.231 e. The minimum atomic E-state index is -0.149. The molecule has 1 aromatic carbocycles. The lowest BCUT2D eigenvalue weighted by Gasteiger charge is -2.16. The number of rotatable bonds is 4. The Bertz CT molecular complexity index is 549. The van der Waals surface area contributed by atoms with Crippen molar-refractivity contribution in [2.45, 2.75) is 31.2 Å². The summed E-state index contributed by atoms with van der Waals surface area (Å²) in [6, 6.07) is 9.83. The Balaban J connectivity index is 1.75. The highest BCUT2D eigenvalue weighted by atomic mass is 16.5. The minimum absolute atomic E-state index is 0.0130. The summed E-state index contributed by atoms with van der Waals surface area (Å²) < 4.78 is 10.7. The Labute approximate surface area is 118 Å². The van der Waals surface area contributed by atoms with Crippen molar-refractivity contribution >= 4 is 0 Å². The number of aromatic nitrogens is 2. The molecule has 1 aromatic heterocycles. The first-order valence-electron chi connectivity index (χ1n) is 6.97. The van der Waals surface area contributed by atoms with Gasteiger partial charge in [-0.2, -0.15) is 4.98 Å². The molecular formula is C15H19N3O2. The van der Waals surface area contributed by atoms with Crippen LogP contribution in [0.4, 0.5) is 0 Å². The summed E-state index contributed by atoms with van der Waals surface area (Å²) in [7, 11) is 0. The number of hydrogen-bond acceptors (Lipinski definition) is 5. The first-order valence-corrected chi connectivity index (χ1v) is 6.97. The van der Waals surface area contributed by atoms with Gasteiger partial charge in [-0.05, 0) is 12.0 Å². The molecular weight excluding hydrogens is 254 g/mol. The Morgan fingerprint density at radius 2 is 2.10 bits per heavy atom. The van der Waals surface area contributed by atoms with E-state index in [-0.39, 0.29) is 17.9 Å². The first-order chi connectivity index (χ1) is 9.75. The molecule has 5 heteroatoms. The van der Waals surface area contributed by atoms with Gasteiger partial charge in [0.25, 0.3) is 0 Å². The fourth-order valence-electron chi connectivity index (χ4n) is 2.45. The van der Waals surface area contributed by atoms with Crippen LogP contribution >= 0.6 is 0 Å². The van der Waals surface area contributed by atoms with Crippen LogP contribution < -0.4 is 5.73 Å². The molecule has 1 fully saturated rings. The molecule has 0 bridgehead atoms. The Morgan fingerprint density at radius 1 is 1.30 bits per heavy atom. The number of nitrogens with two attached hydrogens (primary N) is 1. The molecule has 2 N–H and O–H groups in total. The summed E-state index contributed by atoms with van der Waals surface area (Å²) in [6.45, 7) is 3.46. The average molecular weight is 273 g/mol. The summed E-state index contributed by atoms with van der Waals surface area (Å²) in [5, 5.41) is 4.07. The number of nitrogens with zero attached hydrogens (tertiary/aromatic N) is 2. The maximum atomic E-state index is 6.28. The summed E-state index contributed by atoms with van der Waals surface area (Å²) in [6.07, 6.45) is 0.956. The van der Waals surface area contributed by atoms with Crippen molar-refractivity contribution in [3.8, 4) is 0 Å². The maximum absolute atomic E-state index is 6.28. The van der Waals surface area contributed by atoms with Gasteiger partial charge < -0.3 is 15.0 Å². The molecule has 0 amide bonds. The molecule has 0 aliphatic carbocycles. The molecule has 0 radical (unpaired) electrons. The van der Waals surface area contributed by atoms with E-state index in [1.807, 2.05) is 37.3 Å². The standard InChI is InChI=1S/C15H19N3O2/c1-10(13(16)11-5-3-2-4-6-11)15-17-14(18-20-15)12-7-8-19-9-12/h2-6,10,12-13H,7-9,16H2,1H3. The molecule has 2 aromatic rings. The lowest BCUT2D eigenvalue weighted by Crippen LogP contribution is -2.18. The van der Waals surface area contributed by atoms with Crippen molar-refractivity contribution in [3.63, 3.8) is 0 Å². The summed E-state index contributed by atoms with van der Waals surface area (Å²) in [5.41, 5.74) is 7.35. The maximum Gasteiger partial charge on any atom is 0.231 e. The number of benzene rings is 1. The van der Waals surface area contributed by atoms with E-state index in [1.54, 1.807) is 0 Å². The van der Waals surface area contributed by atoms with Crippen molar-refractivity contribution in [1.29, 1.82) is 0 Å². The molecule has 3 rings (SSSR count). The quantitative estimate of drug-likeness (QED) is 0.925. The van der Waals surface area contributed by atoms with Crippen LogP contribution in [0.3, 0.4) is 0 Å². The second kappa shape index (κ2) is 5.73. The van der Waals surface area contributed by atoms with Gasteiger partial charge in [0.05, 0.1) is 12.5 Å². The highest BCUT2D eigenvalue weighted by molar-refractivity contribution is 5.21. The van der Waals surface area contributed by atoms with Crippen molar-refractivity contribution in [3.05, 3.63) is 47.6 Å². The molecule has 5 nitrogen and oxygen atoms in total. The zero-order valence-electron chi connectivity index (χ0n) is 11.5. The van der Waals surface area contributed by atoms with Crippen LogP contribution in [0.1, 0.15) is 48.5 Å². The Hall–Kier alpha value is -1.72. The largest absolute Gasteiger partial charge is 0.381 e. The van der Waals surface area contributed by atoms with Crippen LogP contribution in [0.2, 0.25) is 0 Å².